The van der Waals surface area contributed by atoms with Crippen LogP contribution in [0.15, 0.2) is 48.9 Å². The predicted molar refractivity (Wildman–Crippen MR) is 71.1 cm³/mol. The van der Waals surface area contributed by atoms with Gasteiger partial charge < -0.3 is 5.73 Å². The normalized spacial score (nSPS) is 10.7. The van der Waals surface area contributed by atoms with Crippen molar-refractivity contribution >= 4 is 5.69 Å². The molecule has 0 aliphatic heterocycles. The van der Waals surface area contributed by atoms with Crippen molar-refractivity contribution in [2.75, 3.05) is 5.73 Å². The molecule has 1 aromatic carbocycles. The van der Waals surface area contributed by atoms with Gasteiger partial charge in [0.1, 0.15) is 17.3 Å². The number of benzene rings is 1. The molecule has 0 spiro atoms. The number of anilines is 1. The Morgan fingerprint density at radius 1 is 1.05 bits per heavy atom. The molecule has 3 rings (SSSR count). The van der Waals surface area contributed by atoms with Crippen LogP contribution in [0, 0.1) is 11.6 Å². The predicted octanol–water partition coefficient (Wildman–Crippen LogP) is 2.79. The standard InChI is InChI=1S/C14H10F2N4/c15-10-2-1-3-12(5-10)20-8-13(17)14(19-20)9-4-11(16)7-18-6-9/h1-8H,17H2. The van der Waals surface area contributed by atoms with E-state index in [9.17, 15) is 8.78 Å². The molecule has 2 N–H and O–H groups in total. The van der Waals surface area contributed by atoms with Crippen LogP contribution in [-0.2, 0) is 0 Å². The van der Waals surface area contributed by atoms with Crippen LogP contribution in [-0.4, -0.2) is 14.8 Å². The van der Waals surface area contributed by atoms with Gasteiger partial charge in [-0.3, -0.25) is 4.98 Å². The Bertz CT molecular complexity index is 767. The monoisotopic (exact) mass is 272 g/mol. The second-order valence-corrected chi connectivity index (χ2v) is 4.25. The van der Waals surface area contributed by atoms with E-state index in [1.165, 1.54) is 29.1 Å². The summed E-state index contributed by atoms with van der Waals surface area (Å²) in [7, 11) is 0. The lowest BCUT2D eigenvalue weighted by molar-refractivity contribution is 0.622. The molecule has 0 unspecified atom stereocenters. The summed E-state index contributed by atoms with van der Waals surface area (Å²) in [5.41, 5.74) is 7.64. The molecule has 0 saturated heterocycles. The number of halogens is 2. The van der Waals surface area contributed by atoms with Crippen LogP contribution in [0.4, 0.5) is 14.5 Å². The Balaban J connectivity index is 2.08. The average molecular weight is 272 g/mol. The number of nitrogens with zero attached hydrogens (tertiary/aromatic N) is 3. The minimum atomic E-state index is -0.470. The van der Waals surface area contributed by atoms with Crippen LogP contribution < -0.4 is 5.73 Å². The van der Waals surface area contributed by atoms with E-state index in [1.807, 2.05) is 0 Å². The van der Waals surface area contributed by atoms with Crippen molar-refractivity contribution in [2.24, 2.45) is 0 Å². The lowest BCUT2D eigenvalue weighted by atomic mass is 10.2. The summed E-state index contributed by atoms with van der Waals surface area (Å²) in [6.07, 6.45) is 4.12. The smallest absolute Gasteiger partial charge is 0.142 e. The maximum atomic E-state index is 13.2. The summed E-state index contributed by atoms with van der Waals surface area (Å²) in [5.74, 6) is -0.840. The van der Waals surface area contributed by atoms with Gasteiger partial charge in [0.05, 0.1) is 23.8 Å². The van der Waals surface area contributed by atoms with Gasteiger partial charge in [-0.25, -0.2) is 13.5 Å². The Kier molecular flexibility index (Phi) is 2.90. The summed E-state index contributed by atoms with van der Waals surface area (Å²) in [5, 5.41) is 4.25. The molecule has 0 aliphatic carbocycles. The topological polar surface area (TPSA) is 56.7 Å². The van der Waals surface area contributed by atoms with E-state index < -0.39 is 5.82 Å². The lowest BCUT2D eigenvalue weighted by Gasteiger charge is -2.00. The third kappa shape index (κ3) is 2.23. The molecule has 20 heavy (non-hydrogen) atoms. The third-order valence-electron chi connectivity index (χ3n) is 2.79. The molecular weight excluding hydrogens is 262 g/mol. The van der Waals surface area contributed by atoms with Gasteiger partial charge in [-0.1, -0.05) is 6.07 Å². The van der Waals surface area contributed by atoms with Gasteiger partial charge in [0.2, 0.25) is 0 Å². The van der Waals surface area contributed by atoms with Crippen molar-refractivity contribution in [3.8, 4) is 16.9 Å². The van der Waals surface area contributed by atoms with E-state index >= 15 is 0 Å². The highest BCUT2D eigenvalue weighted by Crippen LogP contribution is 2.25. The van der Waals surface area contributed by atoms with Gasteiger partial charge in [0.15, 0.2) is 0 Å². The van der Waals surface area contributed by atoms with E-state index in [4.69, 9.17) is 5.73 Å². The SMILES string of the molecule is Nc1cn(-c2cccc(F)c2)nc1-c1cncc(F)c1. The fourth-order valence-electron chi connectivity index (χ4n) is 1.90. The van der Waals surface area contributed by atoms with E-state index in [2.05, 4.69) is 10.1 Å². The summed E-state index contributed by atoms with van der Waals surface area (Å²) in [6.45, 7) is 0. The van der Waals surface area contributed by atoms with Crippen LogP contribution in [0.25, 0.3) is 16.9 Å². The Hall–Kier alpha value is -2.76. The van der Waals surface area contributed by atoms with Gasteiger partial charge in [0.25, 0.3) is 0 Å². The molecule has 0 amide bonds. The van der Waals surface area contributed by atoms with Gasteiger partial charge in [-0.2, -0.15) is 5.10 Å². The largest absolute Gasteiger partial charge is 0.396 e. The highest BCUT2D eigenvalue weighted by atomic mass is 19.1. The van der Waals surface area contributed by atoms with Crippen molar-refractivity contribution in [2.45, 2.75) is 0 Å². The molecule has 100 valence electrons. The number of nitrogen functional groups attached to an aromatic ring is 1. The highest BCUT2D eigenvalue weighted by molar-refractivity contribution is 5.71. The number of nitrogens with two attached hydrogens (primary N) is 1. The molecule has 2 aromatic heterocycles. The average Bonchev–Trinajstić information content (AvgIpc) is 2.81. The molecule has 0 radical (unpaired) electrons. The molecule has 0 saturated carbocycles. The number of pyridine rings is 1. The highest BCUT2D eigenvalue weighted by Gasteiger charge is 2.11. The maximum Gasteiger partial charge on any atom is 0.142 e. The van der Waals surface area contributed by atoms with Gasteiger partial charge in [0, 0.05) is 11.8 Å². The van der Waals surface area contributed by atoms with Gasteiger partial charge >= 0.3 is 0 Å². The zero-order chi connectivity index (χ0) is 14.1. The van der Waals surface area contributed by atoms with Gasteiger partial charge in [-0.15, -0.1) is 0 Å². The molecule has 4 nitrogen and oxygen atoms in total. The molecular formula is C14H10F2N4. The van der Waals surface area contributed by atoms with Crippen molar-refractivity contribution in [3.05, 3.63) is 60.6 Å². The van der Waals surface area contributed by atoms with E-state index in [0.29, 0.717) is 22.6 Å². The number of rotatable bonds is 2. The van der Waals surface area contributed by atoms with Crippen LogP contribution in [0.3, 0.4) is 0 Å². The Labute approximate surface area is 113 Å². The molecule has 3 aromatic rings. The van der Waals surface area contributed by atoms with Crippen LogP contribution >= 0.6 is 0 Å². The van der Waals surface area contributed by atoms with Crippen LogP contribution in [0.5, 0.6) is 0 Å². The zero-order valence-corrected chi connectivity index (χ0v) is 10.3. The Morgan fingerprint density at radius 3 is 2.65 bits per heavy atom. The number of hydrogen-bond donors (Lipinski definition) is 1. The number of aromatic nitrogens is 3. The summed E-state index contributed by atoms with van der Waals surface area (Å²) in [6, 6.07) is 7.24. The third-order valence-corrected chi connectivity index (χ3v) is 2.79. The van der Waals surface area contributed by atoms with Crippen molar-refractivity contribution in [1.29, 1.82) is 0 Å². The molecule has 0 bridgehead atoms. The van der Waals surface area contributed by atoms with E-state index in [0.717, 1.165) is 6.20 Å². The maximum absolute atomic E-state index is 13.2. The Morgan fingerprint density at radius 2 is 1.90 bits per heavy atom. The minimum Gasteiger partial charge on any atom is -0.396 e. The van der Waals surface area contributed by atoms with Crippen LogP contribution in [0.2, 0.25) is 0 Å². The van der Waals surface area contributed by atoms with Crippen molar-refractivity contribution < 1.29 is 8.78 Å². The second-order valence-electron chi connectivity index (χ2n) is 4.25. The van der Waals surface area contributed by atoms with Crippen LogP contribution in [0.1, 0.15) is 0 Å². The van der Waals surface area contributed by atoms with E-state index in [1.54, 1.807) is 18.3 Å². The van der Waals surface area contributed by atoms with Gasteiger partial charge in [-0.05, 0) is 24.3 Å². The first-order valence-corrected chi connectivity index (χ1v) is 5.85. The van der Waals surface area contributed by atoms with Crippen molar-refractivity contribution in [1.82, 2.24) is 14.8 Å². The summed E-state index contributed by atoms with van der Waals surface area (Å²) in [4.78, 5) is 3.76. The lowest BCUT2D eigenvalue weighted by Crippen LogP contribution is -1.95. The number of hydrogen-bond acceptors (Lipinski definition) is 3. The quantitative estimate of drug-likeness (QED) is 0.780. The molecule has 6 heteroatoms. The minimum absolute atomic E-state index is 0.363. The first kappa shape index (κ1) is 12.3. The molecule has 0 atom stereocenters. The first-order valence-electron chi connectivity index (χ1n) is 5.85. The zero-order valence-electron chi connectivity index (χ0n) is 10.3. The molecule has 0 aliphatic rings. The fourth-order valence-corrected chi connectivity index (χ4v) is 1.90. The molecule has 0 fully saturated rings. The summed E-state index contributed by atoms with van der Waals surface area (Å²) >= 11 is 0. The van der Waals surface area contributed by atoms with E-state index in [-0.39, 0.29) is 5.82 Å². The second kappa shape index (κ2) is 4.73. The van der Waals surface area contributed by atoms with Crippen molar-refractivity contribution in [3.63, 3.8) is 0 Å². The summed E-state index contributed by atoms with van der Waals surface area (Å²) < 4.78 is 27.8. The fraction of sp³-hybridized carbons (Fsp3) is 0. The first-order chi connectivity index (χ1) is 9.63. The molecule has 2 heterocycles.